The summed E-state index contributed by atoms with van der Waals surface area (Å²) in [5.74, 6) is -0.217. The highest BCUT2D eigenvalue weighted by molar-refractivity contribution is 5.69. The van der Waals surface area contributed by atoms with Gasteiger partial charge < -0.3 is 4.74 Å². The standard InChI is InChI=1S/C12H13NO2/c1-2-5-12(14)15-9-11-7-4-3-6-10(11)8-13/h3-4,6-7H,2,5,9H2,1H3. The normalized spacial score (nSPS) is 9.33. The molecular weight excluding hydrogens is 190 g/mol. The fourth-order valence-electron chi connectivity index (χ4n) is 1.19. The molecule has 0 amide bonds. The third-order valence-electron chi connectivity index (χ3n) is 1.98. The Balaban J connectivity index is 2.58. The first-order valence-electron chi connectivity index (χ1n) is 4.91. The number of benzene rings is 1. The number of ether oxygens (including phenoxy) is 1. The van der Waals surface area contributed by atoms with Crippen LogP contribution < -0.4 is 0 Å². The van der Waals surface area contributed by atoms with Crippen molar-refractivity contribution in [3.05, 3.63) is 35.4 Å². The summed E-state index contributed by atoms with van der Waals surface area (Å²) in [6.45, 7) is 2.10. The van der Waals surface area contributed by atoms with Gasteiger partial charge in [-0.25, -0.2) is 0 Å². The van der Waals surface area contributed by atoms with Crippen LogP contribution in [0.15, 0.2) is 24.3 Å². The third kappa shape index (κ3) is 3.43. The van der Waals surface area contributed by atoms with Crippen LogP contribution in [0.4, 0.5) is 0 Å². The highest BCUT2D eigenvalue weighted by atomic mass is 16.5. The zero-order valence-electron chi connectivity index (χ0n) is 8.69. The monoisotopic (exact) mass is 203 g/mol. The molecule has 0 fully saturated rings. The Bertz CT molecular complexity index is 379. The number of carbonyl (C=O) groups is 1. The number of nitriles is 1. The lowest BCUT2D eigenvalue weighted by Gasteiger charge is -2.05. The van der Waals surface area contributed by atoms with E-state index in [4.69, 9.17) is 10.00 Å². The number of nitrogens with zero attached hydrogens (tertiary/aromatic N) is 1. The second kappa shape index (κ2) is 5.82. The van der Waals surface area contributed by atoms with Gasteiger partial charge in [0, 0.05) is 12.0 Å². The largest absolute Gasteiger partial charge is 0.461 e. The Morgan fingerprint density at radius 2 is 2.20 bits per heavy atom. The molecule has 3 nitrogen and oxygen atoms in total. The van der Waals surface area contributed by atoms with Gasteiger partial charge in [-0.3, -0.25) is 4.79 Å². The van der Waals surface area contributed by atoms with Crippen molar-refractivity contribution in [3.8, 4) is 6.07 Å². The minimum atomic E-state index is -0.217. The van der Waals surface area contributed by atoms with Crippen molar-refractivity contribution < 1.29 is 9.53 Å². The van der Waals surface area contributed by atoms with Crippen molar-refractivity contribution in [1.82, 2.24) is 0 Å². The summed E-state index contributed by atoms with van der Waals surface area (Å²) in [6, 6.07) is 9.17. The fraction of sp³-hybridized carbons (Fsp3) is 0.333. The fourth-order valence-corrected chi connectivity index (χ4v) is 1.19. The molecule has 0 saturated carbocycles. The van der Waals surface area contributed by atoms with Gasteiger partial charge in [-0.15, -0.1) is 0 Å². The minimum Gasteiger partial charge on any atom is -0.461 e. The van der Waals surface area contributed by atoms with E-state index in [-0.39, 0.29) is 12.6 Å². The zero-order chi connectivity index (χ0) is 11.1. The molecule has 0 heterocycles. The number of esters is 1. The molecule has 1 aromatic carbocycles. The Labute approximate surface area is 89.3 Å². The Morgan fingerprint density at radius 3 is 2.87 bits per heavy atom. The first-order chi connectivity index (χ1) is 7.27. The summed E-state index contributed by atoms with van der Waals surface area (Å²) in [5, 5.41) is 8.80. The average molecular weight is 203 g/mol. The zero-order valence-corrected chi connectivity index (χ0v) is 8.69. The van der Waals surface area contributed by atoms with Crippen LogP contribution in [-0.4, -0.2) is 5.97 Å². The van der Waals surface area contributed by atoms with Gasteiger partial charge in [0.1, 0.15) is 6.61 Å². The van der Waals surface area contributed by atoms with Gasteiger partial charge in [0.05, 0.1) is 11.6 Å². The molecule has 1 rings (SSSR count). The molecule has 0 N–H and O–H groups in total. The van der Waals surface area contributed by atoms with Crippen molar-refractivity contribution in [2.75, 3.05) is 0 Å². The van der Waals surface area contributed by atoms with E-state index in [1.54, 1.807) is 18.2 Å². The van der Waals surface area contributed by atoms with Crippen LogP contribution in [0.2, 0.25) is 0 Å². The predicted molar refractivity (Wildman–Crippen MR) is 55.9 cm³/mol. The highest BCUT2D eigenvalue weighted by Crippen LogP contribution is 2.09. The van der Waals surface area contributed by atoms with Gasteiger partial charge in [-0.05, 0) is 12.5 Å². The maximum absolute atomic E-state index is 11.1. The maximum atomic E-state index is 11.1. The lowest BCUT2D eigenvalue weighted by molar-refractivity contribution is -0.144. The summed E-state index contributed by atoms with van der Waals surface area (Å²) >= 11 is 0. The van der Waals surface area contributed by atoms with Crippen molar-refractivity contribution in [1.29, 1.82) is 5.26 Å². The van der Waals surface area contributed by atoms with E-state index in [1.807, 2.05) is 13.0 Å². The summed E-state index contributed by atoms with van der Waals surface area (Å²) in [7, 11) is 0. The van der Waals surface area contributed by atoms with Gasteiger partial charge in [0.2, 0.25) is 0 Å². The lowest BCUT2D eigenvalue weighted by Crippen LogP contribution is -2.04. The molecule has 3 heteroatoms. The van der Waals surface area contributed by atoms with Gasteiger partial charge >= 0.3 is 5.97 Å². The van der Waals surface area contributed by atoms with Crippen LogP contribution in [0.25, 0.3) is 0 Å². The quantitative estimate of drug-likeness (QED) is 0.706. The summed E-state index contributed by atoms with van der Waals surface area (Å²) in [4.78, 5) is 11.1. The number of hydrogen-bond acceptors (Lipinski definition) is 3. The topological polar surface area (TPSA) is 50.1 Å². The highest BCUT2D eigenvalue weighted by Gasteiger charge is 2.04. The van der Waals surface area contributed by atoms with E-state index < -0.39 is 0 Å². The number of hydrogen-bond donors (Lipinski definition) is 0. The molecule has 0 aliphatic carbocycles. The van der Waals surface area contributed by atoms with Crippen LogP contribution in [0.3, 0.4) is 0 Å². The van der Waals surface area contributed by atoms with Crippen LogP contribution in [0.1, 0.15) is 30.9 Å². The molecular formula is C12H13NO2. The third-order valence-corrected chi connectivity index (χ3v) is 1.98. The molecule has 0 aliphatic rings. The summed E-state index contributed by atoms with van der Waals surface area (Å²) in [6.07, 6.45) is 1.20. The first kappa shape index (κ1) is 11.3. The molecule has 0 spiro atoms. The van der Waals surface area contributed by atoms with Gasteiger partial charge in [0.15, 0.2) is 0 Å². The number of carbonyl (C=O) groups excluding carboxylic acids is 1. The SMILES string of the molecule is CCCC(=O)OCc1ccccc1C#N. The Kier molecular flexibility index (Phi) is 4.36. The molecule has 0 unspecified atom stereocenters. The van der Waals surface area contributed by atoms with E-state index in [9.17, 15) is 4.79 Å². The van der Waals surface area contributed by atoms with E-state index in [0.717, 1.165) is 12.0 Å². The molecule has 0 radical (unpaired) electrons. The van der Waals surface area contributed by atoms with Crippen LogP contribution in [-0.2, 0) is 16.1 Å². The molecule has 0 bridgehead atoms. The molecule has 0 aromatic heterocycles. The van der Waals surface area contributed by atoms with Crippen molar-refractivity contribution in [3.63, 3.8) is 0 Å². The van der Waals surface area contributed by atoms with Crippen LogP contribution >= 0.6 is 0 Å². The molecule has 0 atom stereocenters. The van der Waals surface area contributed by atoms with Gasteiger partial charge in [-0.2, -0.15) is 5.26 Å². The second-order valence-corrected chi connectivity index (χ2v) is 3.18. The van der Waals surface area contributed by atoms with Crippen LogP contribution in [0.5, 0.6) is 0 Å². The summed E-state index contributed by atoms with van der Waals surface area (Å²) < 4.78 is 5.02. The molecule has 0 saturated heterocycles. The first-order valence-corrected chi connectivity index (χ1v) is 4.91. The Hall–Kier alpha value is -1.82. The maximum Gasteiger partial charge on any atom is 0.306 e. The van der Waals surface area contributed by atoms with Crippen molar-refractivity contribution in [2.24, 2.45) is 0 Å². The molecule has 78 valence electrons. The van der Waals surface area contributed by atoms with E-state index in [2.05, 4.69) is 6.07 Å². The predicted octanol–water partition coefficient (Wildman–Crippen LogP) is 2.40. The van der Waals surface area contributed by atoms with Gasteiger partial charge in [0.25, 0.3) is 0 Å². The van der Waals surface area contributed by atoms with Crippen molar-refractivity contribution in [2.45, 2.75) is 26.4 Å². The second-order valence-electron chi connectivity index (χ2n) is 3.18. The van der Waals surface area contributed by atoms with E-state index in [1.165, 1.54) is 0 Å². The smallest absolute Gasteiger partial charge is 0.306 e. The molecule has 1 aromatic rings. The average Bonchev–Trinajstić information content (AvgIpc) is 2.27. The van der Waals surface area contributed by atoms with E-state index in [0.29, 0.717) is 12.0 Å². The number of rotatable bonds is 4. The van der Waals surface area contributed by atoms with Crippen LogP contribution in [0, 0.1) is 11.3 Å². The van der Waals surface area contributed by atoms with Crippen molar-refractivity contribution >= 4 is 5.97 Å². The van der Waals surface area contributed by atoms with Gasteiger partial charge in [-0.1, -0.05) is 25.1 Å². The van der Waals surface area contributed by atoms with E-state index >= 15 is 0 Å². The Morgan fingerprint density at radius 1 is 1.47 bits per heavy atom. The minimum absolute atomic E-state index is 0.183. The summed E-state index contributed by atoms with van der Waals surface area (Å²) in [5.41, 5.74) is 1.31. The lowest BCUT2D eigenvalue weighted by atomic mass is 10.1. The molecule has 15 heavy (non-hydrogen) atoms. The molecule has 0 aliphatic heterocycles.